The van der Waals surface area contributed by atoms with Crippen molar-refractivity contribution in [3.05, 3.63) is 36.4 Å². The van der Waals surface area contributed by atoms with Gasteiger partial charge in [0.25, 0.3) is 8.32 Å². The Morgan fingerprint density at radius 1 is 0.449 bits per heavy atom. The standard InChI is InChI=1S/C42H62O6Si/c1-10-13-16-19-45-39-24-33-31(22-37(39)43)35-26-41(47-21-18-15-12-3)42(48-49(28(4)5,29(6)7)30(8)9)27-36(35)32-23-38(44)40(25-34(32)33)46-20-17-14-11-2/h22-30,43-44H,10-21H2,1-9H3. The van der Waals surface area contributed by atoms with E-state index in [-0.39, 0.29) is 11.5 Å². The van der Waals surface area contributed by atoms with Crippen LogP contribution < -0.4 is 18.6 Å². The summed E-state index contributed by atoms with van der Waals surface area (Å²) in [6, 6.07) is 11.7. The molecule has 0 saturated carbocycles. The minimum atomic E-state index is -2.35. The first-order valence-corrected chi connectivity index (χ1v) is 21.1. The van der Waals surface area contributed by atoms with Crippen molar-refractivity contribution in [3.8, 4) is 34.5 Å². The van der Waals surface area contributed by atoms with Crippen LogP contribution in [0.5, 0.6) is 34.5 Å². The van der Waals surface area contributed by atoms with Gasteiger partial charge in [-0.15, -0.1) is 0 Å². The summed E-state index contributed by atoms with van der Waals surface area (Å²) < 4.78 is 26.2. The maximum atomic E-state index is 11.3. The number of benzene rings is 4. The molecule has 4 aromatic rings. The van der Waals surface area contributed by atoms with Crippen molar-refractivity contribution >= 4 is 40.6 Å². The minimum Gasteiger partial charge on any atom is -0.540 e. The van der Waals surface area contributed by atoms with Crippen molar-refractivity contribution in [1.82, 2.24) is 0 Å². The van der Waals surface area contributed by atoms with E-state index in [9.17, 15) is 10.2 Å². The van der Waals surface area contributed by atoms with E-state index in [0.29, 0.717) is 47.9 Å². The van der Waals surface area contributed by atoms with Gasteiger partial charge in [0, 0.05) is 0 Å². The lowest BCUT2D eigenvalue weighted by molar-refractivity contribution is 0.290. The number of fused-ring (bicyclic) bond motifs is 6. The highest BCUT2D eigenvalue weighted by molar-refractivity contribution is 6.78. The summed E-state index contributed by atoms with van der Waals surface area (Å²) >= 11 is 0. The molecular weight excluding hydrogens is 629 g/mol. The molecule has 0 aliphatic heterocycles. The van der Waals surface area contributed by atoms with E-state index < -0.39 is 8.32 Å². The summed E-state index contributed by atoms with van der Waals surface area (Å²) in [6.07, 6.45) is 9.34. The van der Waals surface area contributed by atoms with Crippen LogP contribution in [0.1, 0.15) is 120 Å². The molecule has 0 aliphatic rings. The summed E-state index contributed by atoms with van der Waals surface area (Å²) in [7, 11) is -2.35. The van der Waals surface area contributed by atoms with Gasteiger partial charge < -0.3 is 28.8 Å². The van der Waals surface area contributed by atoms with Crippen LogP contribution in [0.2, 0.25) is 16.6 Å². The van der Waals surface area contributed by atoms with Gasteiger partial charge in [-0.25, -0.2) is 0 Å². The Balaban J connectivity index is 2.03. The monoisotopic (exact) mass is 690 g/mol. The molecule has 49 heavy (non-hydrogen) atoms. The number of unbranched alkanes of at least 4 members (excludes halogenated alkanes) is 6. The van der Waals surface area contributed by atoms with Gasteiger partial charge >= 0.3 is 0 Å². The molecule has 6 nitrogen and oxygen atoms in total. The van der Waals surface area contributed by atoms with Crippen molar-refractivity contribution in [1.29, 1.82) is 0 Å². The van der Waals surface area contributed by atoms with Gasteiger partial charge in [-0.3, -0.25) is 0 Å². The fourth-order valence-electron chi connectivity index (χ4n) is 7.60. The smallest absolute Gasteiger partial charge is 0.258 e. The van der Waals surface area contributed by atoms with Crippen molar-refractivity contribution in [2.24, 2.45) is 0 Å². The molecule has 0 fully saturated rings. The molecule has 0 aliphatic carbocycles. The number of aromatic hydroxyl groups is 2. The van der Waals surface area contributed by atoms with E-state index >= 15 is 0 Å². The van der Waals surface area contributed by atoms with E-state index in [1.807, 2.05) is 24.3 Å². The number of phenols is 2. The highest BCUT2D eigenvalue weighted by atomic mass is 28.4. The van der Waals surface area contributed by atoms with E-state index in [4.69, 9.17) is 18.6 Å². The zero-order valence-electron chi connectivity index (χ0n) is 31.7. The Bertz CT molecular complexity index is 1660. The molecule has 0 bridgehead atoms. The Labute approximate surface area is 296 Å². The number of phenolic OH excluding ortho intramolecular Hbond substituents is 2. The lowest BCUT2D eigenvalue weighted by atomic mass is 9.93. The maximum Gasteiger partial charge on any atom is 0.258 e. The summed E-state index contributed by atoms with van der Waals surface area (Å²) in [5.41, 5.74) is 1.15. The third kappa shape index (κ3) is 8.53. The summed E-state index contributed by atoms with van der Waals surface area (Å²) in [5, 5.41) is 28.1. The van der Waals surface area contributed by atoms with Crippen molar-refractivity contribution < 1.29 is 28.8 Å². The number of hydrogen-bond acceptors (Lipinski definition) is 6. The molecule has 0 radical (unpaired) electrons. The highest BCUT2D eigenvalue weighted by Crippen LogP contribution is 2.49. The number of rotatable bonds is 20. The van der Waals surface area contributed by atoms with E-state index in [1.165, 1.54) is 0 Å². The molecular formula is C42H62O6Si. The lowest BCUT2D eigenvalue weighted by Gasteiger charge is -2.42. The maximum absolute atomic E-state index is 11.3. The topological polar surface area (TPSA) is 77.4 Å². The minimum absolute atomic E-state index is 0.107. The van der Waals surface area contributed by atoms with Gasteiger partial charge in [0.2, 0.25) is 0 Å². The van der Waals surface area contributed by atoms with Crippen molar-refractivity contribution in [2.75, 3.05) is 19.8 Å². The van der Waals surface area contributed by atoms with Gasteiger partial charge in [0.05, 0.1) is 19.8 Å². The summed E-state index contributed by atoms with van der Waals surface area (Å²) in [6.45, 7) is 22.0. The molecule has 0 heterocycles. The molecule has 0 saturated heterocycles. The summed E-state index contributed by atoms with van der Waals surface area (Å²) in [4.78, 5) is 0. The average Bonchev–Trinajstić information content (AvgIpc) is 3.06. The molecule has 0 unspecified atom stereocenters. The van der Waals surface area contributed by atoms with Crippen LogP contribution >= 0.6 is 0 Å². The van der Waals surface area contributed by atoms with Crippen LogP contribution in [-0.2, 0) is 0 Å². The second-order valence-electron chi connectivity index (χ2n) is 14.7. The fourth-order valence-corrected chi connectivity index (χ4v) is 12.9. The van der Waals surface area contributed by atoms with Gasteiger partial charge in [0.15, 0.2) is 28.7 Å². The highest BCUT2D eigenvalue weighted by Gasteiger charge is 2.47. The molecule has 2 N–H and O–H groups in total. The Hall–Kier alpha value is -3.32. The van der Waals surface area contributed by atoms with Gasteiger partial charge in [-0.05, 0) is 105 Å². The first kappa shape index (κ1) is 38.5. The predicted molar refractivity (Wildman–Crippen MR) is 209 cm³/mol. The summed E-state index contributed by atoms with van der Waals surface area (Å²) in [5.74, 6) is 2.61. The van der Waals surface area contributed by atoms with Crippen LogP contribution in [0, 0.1) is 0 Å². The molecule has 4 aromatic carbocycles. The number of ether oxygens (including phenoxy) is 3. The van der Waals surface area contributed by atoms with Crippen LogP contribution in [0.4, 0.5) is 0 Å². The first-order valence-electron chi connectivity index (χ1n) is 19.0. The van der Waals surface area contributed by atoms with Gasteiger partial charge in [0.1, 0.15) is 5.75 Å². The van der Waals surface area contributed by atoms with Gasteiger partial charge in [-0.1, -0.05) is 101 Å². The second kappa shape index (κ2) is 17.6. The van der Waals surface area contributed by atoms with Crippen LogP contribution in [-0.4, -0.2) is 38.4 Å². The molecule has 4 rings (SSSR count). The van der Waals surface area contributed by atoms with Crippen LogP contribution in [0.25, 0.3) is 32.3 Å². The van der Waals surface area contributed by atoms with Gasteiger partial charge in [-0.2, -0.15) is 0 Å². The lowest BCUT2D eigenvalue weighted by Crippen LogP contribution is -2.50. The Morgan fingerprint density at radius 3 is 1.10 bits per heavy atom. The van der Waals surface area contributed by atoms with Crippen molar-refractivity contribution in [3.63, 3.8) is 0 Å². The van der Waals surface area contributed by atoms with Crippen molar-refractivity contribution in [2.45, 2.75) is 137 Å². The van der Waals surface area contributed by atoms with Crippen LogP contribution in [0.3, 0.4) is 0 Å². The Morgan fingerprint density at radius 2 is 0.755 bits per heavy atom. The number of hydrogen-bond donors (Lipinski definition) is 2. The first-order chi connectivity index (χ1) is 23.5. The molecule has 0 atom stereocenters. The molecule has 0 aromatic heterocycles. The van der Waals surface area contributed by atoms with E-state index in [0.717, 1.165) is 102 Å². The third-order valence-electron chi connectivity index (χ3n) is 10.2. The Kier molecular flexibility index (Phi) is 13.8. The van der Waals surface area contributed by atoms with E-state index in [1.54, 1.807) is 0 Å². The van der Waals surface area contributed by atoms with E-state index in [2.05, 4.69) is 74.4 Å². The quantitative estimate of drug-likeness (QED) is 0.0546. The fraction of sp³-hybridized carbons (Fsp3) is 0.571. The molecule has 7 heteroatoms. The second-order valence-corrected chi connectivity index (χ2v) is 20.0. The largest absolute Gasteiger partial charge is 0.540 e. The normalized spacial score (nSPS) is 12.2. The molecule has 0 spiro atoms. The predicted octanol–water partition coefficient (Wildman–Crippen LogP) is 12.8. The average molecular weight is 691 g/mol. The zero-order valence-corrected chi connectivity index (χ0v) is 32.7. The SMILES string of the molecule is CCCCCOc1cc2c(cc1O)c1cc(OCCCCC)c(O[Si](C(C)C)(C(C)C)C(C)C)cc1c1cc(O)c(OCCCCC)cc12. The molecule has 270 valence electrons. The molecule has 0 amide bonds. The zero-order chi connectivity index (χ0) is 35.7. The third-order valence-corrected chi connectivity index (χ3v) is 16.2. The van der Waals surface area contributed by atoms with Crippen LogP contribution in [0.15, 0.2) is 36.4 Å².